The van der Waals surface area contributed by atoms with Crippen LogP contribution in [-0.4, -0.2) is 90.3 Å². The predicted molar refractivity (Wildman–Crippen MR) is 128 cm³/mol. The molecule has 0 aromatic carbocycles. The van der Waals surface area contributed by atoms with E-state index in [2.05, 4.69) is 25.3 Å². The number of piperidine rings is 1. The summed E-state index contributed by atoms with van der Waals surface area (Å²) in [4.78, 5) is 23.6. The molecule has 3 aromatic heterocycles. The average Bonchev–Trinajstić information content (AvgIpc) is 3.55. The van der Waals surface area contributed by atoms with Crippen molar-refractivity contribution >= 4 is 22.8 Å². The highest BCUT2D eigenvalue weighted by molar-refractivity contribution is 5.99. The molecule has 0 aliphatic carbocycles. The third-order valence-corrected chi connectivity index (χ3v) is 6.97. The Bertz CT molecular complexity index is 1190. The van der Waals surface area contributed by atoms with Crippen LogP contribution in [0.5, 0.6) is 0 Å². The number of carbonyl (C=O) groups is 1. The van der Waals surface area contributed by atoms with Gasteiger partial charge in [0.05, 0.1) is 17.7 Å². The number of rotatable bonds is 7. The summed E-state index contributed by atoms with van der Waals surface area (Å²) in [7, 11) is 1.83. The van der Waals surface area contributed by atoms with Gasteiger partial charge in [-0.05, 0) is 37.9 Å². The number of hydrogen-bond acceptors (Lipinski definition) is 9. The molecule has 0 radical (unpaired) electrons. The lowest BCUT2D eigenvalue weighted by molar-refractivity contribution is -0.134. The van der Waals surface area contributed by atoms with Gasteiger partial charge in [-0.3, -0.25) is 9.48 Å². The lowest BCUT2D eigenvalue weighted by Gasteiger charge is -2.31. The Labute approximate surface area is 202 Å². The lowest BCUT2D eigenvalue weighted by Crippen LogP contribution is -2.42. The van der Waals surface area contributed by atoms with Crippen LogP contribution in [0, 0.1) is 5.92 Å². The van der Waals surface area contributed by atoms with Crippen molar-refractivity contribution in [3.8, 4) is 11.3 Å². The van der Waals surface area contributed by atoms with E-state index in [-0.39, 0.29) is 18.9 Å². The normalized spacial score (nSPS) is 23.8. The Balaban J connectivity index is 1.28. The molecule has 5 rings (SSSR count). The second kappa shape index (κ2) is 9.90. The second-order valence-corrected chi connectivity index (χ2v) is 9.35. The number of carbonyl (C=O) groups excluding carboxylic acids is 1. The minimum atomic E-state index is -0.893. The van der Waals surface area contributed by atoms with Crippen LogP contribution in [0.3, 0.4) is 0 Å². The van der Waals surface area contributed by atoms with E-state index in [4.69, 9.17) is 15.6 Å². The summed E-state index contributed by atoms with van der Waals surface area (Å²) in [5.74, 6) is 0.478. The molecular weight excluding hydrogens is 452 g/mol. The van der Waals surface area contributed by atoms with Crippen molar-refractivity contribution in [2.24, 2.45) is 13.0 Å². The molecule has 3 atom stereocenters. The third kappa shape index (κ3) is 4.74. The van der Waals surface area contributed by atoms with Crippen molar-refractivity contribution in [2.45, 2.75) is 37.7 Å². The molecule has 1 amide bonds. The first kappa shape index (κ1) is 23.7. The van der Waals surface area contributed by atoms with Gasteiger partial charge < -0.3 is 35.5 Å². The van der Waals surface area contributed by atoms with Gasteiger partial charge in [0, 0.05) is 44.5 Å². The molecule has 2 aliphatic rings. The van der Waals surface area contributed by atoms with Crippen molar-refractivity contribution in [3.05, 3.63) is 24.8 Å². The summed E-state index contributed by atoms with van der Waals surface area (Å²) in [6.45, 7) is 3.29. The highest BCUT2D eigenvalue weighted by atomic mass is 16.5. The molecule has 12 heteroatoms. The summed E-state index contributed by atoms with van der Waals surface area (Å²) in [6, 6.07) is 1.86. The highest BCUT2D eigenvalue weighted by Crippen LogP contribution is 2.37. The molecule has 2 aliphatic heterocycles. The molecular formula is C23H32N8O4. The number of hydrogen-bond donors (Lipinski definition) is 4. The number of nitrogen functional groups attached to an aromatic ring is 1. The monoisotopic (exact) mass is 484 g/mol. The molecule has 0 unspecified atom stereocenters. The van der Waals surface area contributed by atoms with Crippen LogP contribution in [0.1, 0.15) is 25.5 Å². The van der Waals surface area contributed by atoms with Crippen molar-refractivity contribution in [1.82, 2.24) is 34.5 Å². The van der Waals surface area contributed by atoms with Gasteiger partial charge in [0.15, 0.2) is 6.23 Å². The maximum atomic E-state index is 12.9. The van der Waals surface area contributed by atoms with Gasteiger partial charge in [-0.15, -0.1) is 0 Å². The summed E-state index contributed by atoms with van der Waals surface area (Å²) in [5, 5.41) is 28.0. The van der Waals surface area contributed by atoms with E-state index in [0.717, 1.165) is 31.5 Å². The molecule has 188 valence electrons. The zero-order chi connectivity index (χ0) is 24.5. The number of nitrogens with zero attached hydrogens (tertiary/aromatic N) is 6. The van der Waals surface area contributed by atoms with Crippen LogP contribution in [0.4, 0.5) is 5.82 Å². The van der Waals surface area contributed by atoms with E-state index in [9.17, 15) is 9.90 Å². The van der Waals surface area contributed by atoms with Gasteiger partial charge in [-0.2, -0.15) is 5.10 Å². The molecule has 5 heterocycles. The summed E-state index contributed by atoms with van der Waals surface area (Å²) in [6.07, 6.45) is 4.69. The van der Waals surface area contributed by atoms with Gasteiger partial charge >= 0.3 is 0 Å². The number of β-amino-alcohol motifs (C(OH)–C–C–N with tert-alkyl or cyclic N) is 1. The van der Waals surface area contributed by atoms with E-state index < -0.39 is 18.4 Å². The molecule has 35 heavy (non-hydrogen) atoms. The van der Waals surface area contributed by atoms with Crippen LogP contribution in [0.25, 0.3) is 22.3 Å². The van der Waals surface area contributed by atoms with Crippen LogP contribution in [-0.2, 0) is 16.6 Å². The zero-order valence-electron chi connectivity index (χ0n) is 19.7. The molecule has 3 aromatic rings. The molecule has 12 nitrogen and oxygen atoms in total. The Kier molecular flexibility index (Phi) is 6.69. The first-order chi connectivity index (χ1) is 16.9. The number of nitrogens with one attached hydrogen (secondary N) is 1. The lowest BCUT2D eigenvalue weighted by atomic mass is 9.96. The van der Waals surface area contributed by atoms with Crippen LogP contribution < -0.4 is 11.1 Å². The maximum absolute atomic E-state index is 12.9. The number of aliphatic hydroxyl groups is 2. The van der Waals surface area contributed by atoms with Crippen LogP contribution in [0.2, 0.25) is 0 Å². The quantitative estimate of drug-likeness (QED) is 0.359. The Morgan fingerprint density at radius 2 is 2.11 bits per heavy atom. The van der Waals surface area contributed by atoms with E-state index in [1.54, 1.807) is 15.4 Å². The summed E-state index contributed by atoms with van der Waals surface area (Å²) < 4.78 is 9.46. The van der Waals surface area contributed by atoms with Crippen molar-refractivity contribution in [3.63, 3.8) is 0 Å². The largest absolute Gasteiger partial charge is 0.395 e. The molecule has 2 fully saturated rings. The number of likely N-dealkylation sites (tertiary alicyclic amines) is 1. The van der Waals surface area contributed by atoms with Crippen LogP contribution in [0.15, 0.2) is 24.8 Å². The number of fused-ring (bicyclic) bond motifs is 1. The molecule has 0 spiro atoms. The molecule has 5 N–H and O–H groups in total. The van der Waals surface area contributed by atoms with E-state index in [1.807, 2.05) is 19.3 Å². The van der Waals surface area contributed by atoms with Gasteiger partial charge in [-0.25, -0.2) is 9.97 Å². The second-order valence-electron chi connectivity index (χ2n) is 9.35. The summed E-state index contributed by atoms with van der Waals surface area (Å²) >= 11 is 0. The number of amides is 1. The molecule has 2 saturated heterocycles. The van der Waals surface area contributed by atoms with Crippen molar-refractivity contribution in [2.75, 3.05) is 38.5 Å². The number of aliphatic hydroxyl groups excluding tert-OH is 2. The minimum absolute atomic E-state index is 0.169. The van der Waals surface area contributed by atoms with Gasteiger partial charge in [0.2, 0.25) is 5.91 Å². The van der Waals surface area contributed by atoms with E-state index in [0.29, 0.717) is 41.6 Å². The Morgan fingerprint density at radius 3 is 2.83 bits per heavy atom. The Hall–Kier alpha value is -3.06. The minimum Gasteiger partial charge on any atom is -0.395 e. The zero-order valence-corrected chi connectivity index (χ0v) is 19.7. The predicted octanol–water partition coefficient (Wildman–Crippen LogP) is -0.117. The van der Waals surface area contributed by atoms with Crippen LogP contribution >= 0.6 is 0 Å². The smallest absolute Gasteiger partial charge is 0.249 e. The standard InChI is InChI=1S/C23H32N8O4/c1-29-5-4-16(28-29)15-12-31(21-19(15)20(24)26-13-27-21)23-17(33)10-18(35-23)22(34)25-11-14-2-6-30(7-3-14)8-9-32/h4-5,12-14,17-18,23,32-33H,2-3,6-11H2,1H3,(H,25,34)(H2,24,26,27)/t17-,18+,23-/m1/s1. The molecule has 0 bridgehead atoms. The van der Waals surface area contributed by atoms with Gasteiger partial charge in [0.1, 0.15) is 30.0 Å². The summed E-state index contributed by atoms with van der Waals surface area (Å²) in [5.41, 5.74) is 8.12. The maximum Gasteiger partial charge on any atom is 0.249 e. The first-order valence-corrected chi connectivity index (χ1v) is 12.0. The fraction of sp³-hybridized carbons (Fsp3) is 0.565. The third-order valence-electron chi connectivity index (χ3n) is 6.97. The van der Waals surface area contributed by atoms with Crippen molar-refractivity contribution in [1.29, 1.82) is 0 Å². The average molecular weight is 485 g/mol. The topological polar surface area (TPSA) is 157 Å². The van der Waals surface area contributed by atoms with Crippen molar-refractivity contribution < 1.29 is 19.7 Å². The number of aromatic nitrogens is 5. The number of anilines is 1. The van der Waals surface area contributed by atoms with Gasteiger partial charge in [-0.1, -0.05) is 0 Å². The highest BCUT2D eigenvalue weighted by Gasteiger charge is 2.40. The van der Waals surface area contributed by atoms with Gasteiger partial charge in [0.25, 0.3) is 0 Å². The number of nitrogens with two attached hydrogens (primary N) is 1. The number of ether oxygens (including phenoxy) is 1. The van der Waals surface area contributed by atoms with E-state index in [1.165, 1.54) is 6.33 Å². The van der Waals surface area contributed by atoms with E-state index >= 15 is 0 Å². The SMILES string of the molecule is Cn1ccc(-c2cn([C@@H]3O[C@H](C(=O)NCC4CCN(CCO)CC4)C[C@H]3O)c3ncnc(N)c23)n1. The number of aryl methyl sites for hydroxylation is 1. The fourth-order valence-corrected chi connectivity index (χ4v) is 5.04. The molecule has 0 saturated carbocycles. The first-order valence-electron chi connectivity index (χ1n) is 12.0. The Morgan fingerprint density at radius 1 is 1.31 bits per heavy atom. The fourth-order valence-electron chi connectivity index (χ4n) is 5.04.